The van der Waals surface area contributed by atoms with Gasteiger partial charge in [-0.05, 0) is 31.9 Å². The molecule has 1 aliphatic rings. The lowest BCUT2D eigenvalue weighted by Crippen LogP contribution is -2.27. The first kappa shape index (κ1) is 12.9. The monoisotopic (exact) mass is 254 g/mol. The second-order valence-electron chi connectivity index (χ2n) is 4.69. The van der Waals surface area contributed by atoms with Gasteiger partial charge in [-0.2, -0.15) is 11.8 Å². The summed E-state index contributed by atoms with van der Waals surface area (Å²) in [7, 11) is 2.02. The number of hydrogen-bond donors (Lipinski definition) is 1. The minimum absolute atomic E-state index is 0.663. The van der Waals surface area contributed by atoms with Gasteiger partial charge in [0.1, 0.15) is 11.6 Å². The van der Waals surface area contributed by atoms with Crippen molar-refractivity contribution in [3.05, 3.63) is 11.6 Å². The number of nitrogens with one attached hydrogen (secondary N) is 1. The largest absolute Gasteiger partial charge is 0.317 e. The van der Waals surface area contributed by atoms with Crippen LogP contribution in [0.15, 0.2) is 0 Å². The number of aromatic nitrogens is 3. The van der Waals surface area contributed by atoms with Crippen LogP contribution in [0.25, 0.3) is 0 Å². The van der Waals surface area contributed by atoms with Crippen LogP contribution in [0, 0.1) is 6.92 Å². The van der Waals surface area contributed by atoms with Crippen LogP contribution in [0.3, 0.4) is 0 Å². The van der Waals surface area contributed by atoms with E-state index in [0.29, 0.717) is 6.04 Å². The molecule has 2 unspecified atom stereocenters. The zero-order chi connectivity index (χ0) is 12.3. The van der Waals surface area contributed by atoms with Gasteiger partial charge in [0, 0.05) is 18.3 Å². The molecule has 1 N–H and O–H groups in total. The van der Waals surface area contributed by atoms with E-state index in [2.05, 4.69) is 38.8 Å². The molecule has 0 aromatic carbocycles. The van der Waals surface area contributed by atoms with Crippen LogP contribution in [-0.2, 0) is 13.6 Å². The summed E-state index contributed by atoms with van der Waals surface area (Å²) < 4.78 is 2.06. The van der Waals surface area contributed by atoms with E-state index in [1.807, 2.05) is 14.0 Å². The van der Waals surface area contributed by atoms with Crippen LogP contribution in [0.4, 0.5) is 0 Å². The topological polar surface area (TPSA) is 42.7 Å². The summed E-state index contributed by atoms with van der Waals surface area (Å²) >= 11 is 2.10. The summed E-state index contributed by atoms with van der Waals surface area (Å²) in [5.74, 6) is 3.25. The highest BCUT2D eigenvalue weighted by atomic mass is 32.2. The highest BCUT2D eigenvalue weighted by Gasteiger charge is 2.24. The van der Waals surface area contributed by atoms with E-state index in [1.54, 1.807) is 0 Å². The molecular formula is C12H22N4S. The number of nitrogens with zero attached hydrogens (tertiary/aromatic N) is 3. The quantitative estimate of drug-likeness (QED) is 0.871. The van der Waals surface area contributed by atoms with Gasteiger partial charge in [-0.15, -0.1) is 10.2 Å². The molecule has 2 atom stereocenters. The average Bonchev–Trinajstić information content (AvgIpc) is 2.87. The molecule has 0 spiro atoms. The third kappa shape index (κ3) is 3.22. The van der Waals surface area contributed by atoms with Crippen molar-refractivity contribution in [1.29, 1.82) is 0 Å². The maximum absolute atomic E-state index is 4.18. The molecule has 1 saturated carbocycles. The van der Waals surface area contributed by atoms with Gasteiger partial charge in [0.15, 0.2) is 0 Å². The Bertz CT molecular complexity index is 363. The van der Waals surface area contributed by atoms with Crippen molar-refractivity contribution < 1.29 is 0 Å². The van der Waals surface area contributed by atoms with Crippen LogP contribution in [0.5, 0.6) is 0 Å². The molecule has 96 valence electrons. The summed E-state index contributed by atoms with van der Waals surface area (Å²) in [5, 5.41) is 12.7. The molecule has 1 aliphatic carbocycles. The highest BCUT2D eigenvalue weighted by molar-refractivity contribution is 7.99. The van der Waals surface area contributed by atoms with Crippen LogP contribution >= 0.6 is 11.8 Å². The maximum Gasteiger partial charge on any atom is 0.146 e. The summed E-state index contributed by atoms with van der Waals surface area (Å²) in [6.45, 7) is 5.07. The predicted octanol–water partition coefficient (Wildman–Crippen LogP) is 1.89. The molecular weight excluding hydrogens is 232 g/mol. The Labute approximate surface area is 108 Å². The molecule has 0 saturated heterocycles. The molecule has 1 aromatic heterocycles. The van der Waals surface area contributed by atoms with Gasteiger partial charge in [-0.25, -0.2) is 0 Å². The number of thioether (sulfide) groups is 1. The van der Waals surface area contributed by atoms with E-state index in [1.165, 1.54) is 25.0 Å². The Morgan fingerprint density at radius 2 is 2.24 bits per heavy atom. The average molecular weight is 254 g/mol. The summed E-state index contributed by atoms with van der Waals surface area (Å²) in [5.41, 5.74) is 0. The van der Waals surface area contributed by atoms with Crippen molar-refractivity contribution in [2.75, 3.05) is 5.75 Å². The Morgan fingerprint density at radius 1 is 1.41 bits per heavy atom. The molecule has 1 heterocycles. The fraction of sp³-hybridized carbons (Fsp3) is 0.833. The zero-order valence-electron chi connectivity index (χ0n) is 10.9. The van der Waals surface area contributed by atoms with Crippen LogP contribution < -0.4 is 5.32 Å². The van der Waals surface area contributed by atoms with E-state index in [0.717, 1.165) is 23.4 Å². The fourth-order valence-corrected chi connectivity index (χ4v) is 3.50. The van der Waals surface area contributed by atoms with E-state index in [9.17, 15) is 0 Å². The SMILES string of the molecule is CCSC1CCC(NCc2nnc(C)n2C)C1. The van der Waals surface area contributed by atoms with E-state index in [4.69, 9.17) is 0 Å². The summed E-state index contributed by atoms with van der Waals surface area (Å²) in [6.07, 6.45) is 3.96. The predicted molar refractivity (Wildman–Crippen MR) is 72.1 cm³/mol. The lowest BCUT2D eigenvalue weighted by molar-refractivity contribution is 0.506. The first-order valence-electron chi connectivity index (χ1n) is 6.40. The lowest BCUT2D eigenvalue weighted by Gasteiger charge is -2.12. The summed E-state index contributed by atoms with van der Waals surface area (Å²) in [6, 6.07) is 0.663. The number of hydrogen-bond acceptors (Lipinski definition) is 4. The molecule has 1 aromatic rings. The van der Waals surface area contributed by atoms with Crippen LogP contribution in [0.2, 0.25) is 0 Å². The molecule has 17 heavy (non-hydrogen) atoms. The first-order chi connectivity index (χ1) is 8.20. The van der Waals surface area contributed by atoms with E-state index in [-0.39, 0.29) is 0 Å². The maximum atomic E-state index is 4.18. The van der Waals surface area contributed by atoms with Crippen molar-refractivity contribution in [2.24, 2.45) is 7.05 Å². The van der Waals surface area contributed by atoms with Gasteiger partial charge in [0.2, 0.25) is 0 Å². The van der Waals surface area contributed by atoms with Crippen molar-refractivity contribution >= 4 is 11.8 Å². The van der Waals surface area contributed by atoms with Crippen LogP contribution in [0.1, 0.15) is 37.8 Å². The molecule has 0 radical (unpaired) electrons. The minimum Gasteiger partial charge on any atom is -0.317 e. The molecule has 0 bridgehead atoms. The number of aryl methyl sites for hydroxylation is 1. The van der Waals surface area contributed by atoms with Crippen molar-refractivity contribution in [3.63, 3.8) is 0 Å². The Kier molecular flexibility index (Phi) is 4.45. The molecule has 4 nitrogen and oxygen atoms in total. The smallest absolute Gasteiger partial charge is 0.146 e. The van der Waals surface area contributed by atoms with Gasteiger partial charge in [0.05, 0.1) is 6.54 Å². The van der Waals surface area contributed by atoms with Gasteiger partial charge in [-0.1, -0.05) is 6.92 Å². The van der Waals surface area contributed by atoms with E-state index < -0.39 is 0 Å². The molecule has 1 fully saturated rings. The second-order valence-corrected chi connectivity index (χ2v) is 6.27. The van der Waals surface area contributed by atoms with Gasteiger partial charge < -0.3 is 9.88 Å². The van der Waals surface area contributed by atoms with Gasteiger partial charge >= 0.3 is 0 Å². The Morgan fingerprint density at radius 3 is 2.88 bits per heavy atom. The first-order valence-corrected chi connectivity index (χ1v) is 7.45. The van der Waals surface area contributed by atoms with Crippen LogP contribution in [-0.4, -0.2) is 31.8 Å². The van der Waals surface area contributed by atoms with Crippen molar-refractivity contribution in [1.82, 2.24) is 20.1 Å². The number of rotatable bonds is 5. The highest BCUT2D eigenvalue weighted by Crippen LogP contribution is 2.29. The molecule has 2 rings (SSSR count). The second kappa shape index (κ2) is 5.87. The molecule has 0 aliphatic heterocycles. The summed E-state index contributed by atoms with van der Waals surface area (Å²) in [4.78, 5) is 0. The zero-order valence-corrected chi connectivity index (χ0v) is 11.8. The third-order valence-corrected chi connectivity index (χ3v) is 4.75. The van der Waals surface area contributed by atoms with Crippen molar-refractivity contribution in [3.8, 4) is 0 Å². The third-order valence-electron chi connectivity index (χ3n) is 3.52. The molecule has 0 amide bonds. The Hall–Kier alpha value is -0.550. The molecule has 5 heteroatoms. The van der Waals surface area contributed by atoms with E-state index >= 15 is 0 Å². The minimum atomic E-state index is 0.663. The lowest BCUT2D eigenvalue weighted by atomic mass is 10.2. The normalized spacial score (nSPS) is 24.4. The Balaban J connectivity index is 1.78. The van der Waals surface area contributed by atoms with Gasteiger partial charge in [0.25, 0.3) is 0 Å². The van der Waals surface area contributed by atoms with Gasteiger partial charge in [-0.3, -0.25) is 0 Å². The fourth-order valence-electron chi connectivity index (χ4n) is 2.35. The standard InChI is InChI=1S/C12H22N4S/c1-4-17-11-6-5-10(7-11)13-8-12-15-14-9(2)16(12)3/h10-11,13H,4-8H2,1-3H3. The van der Waals surface area contributed by atoms with Crippen molar-refractivity contribution in [2.45, 2.75) is 50.9 Å².